The van der Waals surface area contributed by atoms with Crippen LogP contribution in [-0.4, -0.2) is 10.9 Å². The number of amides is 1. The Labute approximate surface area is 188 Å². The molecule has 3 aromatic carbocycles. The quantitative estimate of drug-likeness (QED) is 0.302. The van der Waals surface area contributed by atoms with Gasteiger partial charge in [0.25, 0.3) is 5.91 Å². The van der Waals surface area contributed by atoms with Crippen LogP contribution >= 0.6 is 11.3 Å². The van der Waals surface area contributed by atoms with Gasteiger partial charge in [0.05, 0.1) is 11.4 Å². The lowest BCUT2D eigenvalue weighted by Crippen LogP contribution is -2.23. The van der Waals surface area contributed by atoms with Crippen LogP contribution in [0.3, 0.4) is 0 Å². The lowest BCUT2D eigenvalue weighted by Gasteiger charge is -2.18. The van der Waals surface area contributed by atoms with Crippen molar-refractivity contribution in [1.29, 1.82) is 0 Å². The van der Waals surface area contributed by atoms with Gasteiger partial charge in [0.2, 0.25) is 0 Å². The van der Waals surface area contributed by atoms with Crippen LogP contribution in [-0.2, 0) is 11.4 Å². The van der Waals surface area contributed by atoms with Crippen LogP contribution < -0.4 is 9.64 Å². The van der Waals surface area contributed by atoms with E-state index in [4.69, 9.17) is 4.74 Å². The molecule has 0 fully saturated rings. The maximum Gasteiger partial charge on any atom is 0.256 e. The molecular weight excluding hydrogens is 430 g/mol. The SMILES string of the molecule is C=CC(=O)N(c1ccc(OCc2cccc(F)c2)cc1)c1nc(-c2ccc(F)cc2)cs1. The van der Waals surface area contributed by atoms with Gasteiger partial charge in [-0.3, -0.25) is 9.69 Å². The van der Waals surface area contributed by atoms with E-state index >= 15 is 0 Å². The average molecular weight is 448 g/mol. The molecule has 0 saturated heterocycles. The minimum Gasteiger partial charge on any atom is -0.489 e. The number of anilines is 2. The van der Waals surface area contributed by atoms with Crippen LogP contribution in [0.2, 0.25) is 0 Å². The van der Waals surface area contributed by atoms with Crippen molar-refractivity contribution in [3.8, 4) is 17.0 Å². The normalized spacial score (nSPS) is 10.6. The summed E-state index contributed by atoms with van der Waals surface area (Å²) in [5.41, 5.74) is 2.70. The molecule has 0 N–H and O–H groups in total. The molecule has 0 saturated carbocycles. The summed E-state index contributed by atoms with van der Waals surface area (Å²) in [6.07, 6.45) is 1.22. The minimum absolute atomic E-state index is 0.222. The second-order valence-electron chi connectivity index (χ2n) is 6.81. The number of ether oxygens (including phenoxy) is 1. The van der Waals surface area contributed by atoms with Gasteiger partial charge in [-0.15, -0.1) is 11.3 Å². The van der Waals surface area contributed by atoms with E-state index < -0.39 is 0 Å². The van der Waals surface area contributed by atoms with Gasteiger partial charge in [0.1, 0.15) is 24.0 Å². The first-order valence-electron chi connectivity index (χ1n) is 9.69. The summed E-state index contributed by atoms with van der Waals surface area (Å²) < 4.78 is 32.2. The highest BCUT2D eigenvalue weighted by molar-refractivity contribution is 7.14. The highest BCUT2D eigenvalue weighted by atomic mass is 32.1. The van der Waals surface area contributed by atoms with E-state index in [1.807, 2.05) is 5.38 Å². The molecule has 32 heavy (non-hydrogen) atoms. The maximum absolute atomic E-state index is 13.3. The number of aromatic nitrogens is 1. The van der Waals surface area contributed by atoms with E-state index in [1.165, 1.54) is 46.6 Å². The van der Waals surface area contributed by atoms with Gasteiger partial charge in [-0.25, -0.2) is 13.8 Å². The van der Waals surface area contributed by atoms with Gasteiger partial charge in [0, 0.05) is 10.9 Å². The van der Waals surface area contributed by atoms with Crippen LogP contribution in [0.5, 0.6) is 5.75 Å². The van der Waals surface area contributed by atoms with E-state index in [9.17, 15) is 13.6 Å². The third-order valence-corrected chi connectivity index (χ3v) is 5.43. The molecule has 4 rings (SSSR count). The fourth-order valence-corrected chi connectivity index (χ4v) is 3.89. The van der Waals surface area contributed by atoms with Crippen molar-refractivity contribution < 1.29 is 18.3 Å². The Bertz CT molecular complexity index is 1240. The van der Waals surface area contributed by atoms with Crippen LogP contribution in [0.4, 0.5) is 19.6 Å². The van der Waals surface area contributed by atoms with Crippen molar-refractivity contribution in [1.82, 2.24) is 4.98 Å². The van der Waals surface area contributed by atoms with E-state index in [1.54, 1.807) is 48.5 Å². The molecule has 0 radical (unpaired) electrons. The second kappa shape index (κ2) is 9.53. The van der Waals surface area contributed by atoms with E-state index in [-0.39, 0.29) is 24.1 Å². The smallest absolute Gasteiger partial charge is 0.256 e. The van der Waals surface area contributed by atoms with E-state index in [0.29, 0.717) is 27.8 Å². The summed E-state index contributed by atoms with van der Waals surface area (Å²) in [6, 6.07) is 19.1. The Morgan fingerprint density at radius 3 is 2.47 bits per heavy atom. The van der Waals surface area contributed by atoms with Crippen LogP contribution in [0.15, 0.2) is 90.8 Å². The first-order chi connectivity index (χ1) is 15.5. The first-order valence-corrected chi connectivity index (χ1v) is 10.6. The Morgan fingerprint density at radius 1 is 1.03 bits per heavy atom. The lowest BCUT2D eigenvalue weighted by atomic mass is 10.2. The lowest BCUT2D eigenvalue weighted by molar-refractivity contribution is -0.113. The molecule has 1 heterocycles. The number of hydrogen-bond acceptors (Lipinski definition) is 4. The van der Waals surface area contributed by atoms with Crippen molar-refractivity contribution in [2.75, 3.05) is 4.90 Å². The summed E-state index contributed by atoms with van der Waals surface area (Å²) >= 11 is 1.29. The number of halogens is 2. The largest absolute Gasteiger partial charge is 0.489 e. The monoisotopic (exact) mass is 448 g/mol. The third kappa shape index (κ3) is 4.90. The molecule has 0 aliphatic carbocycles. The Balaban J connectivity index is 1.54. The Hall–Kier alpha value is -3.84. The number of rotatable bonds is 7. The van der Waals surface area contributed by atoms with Crippen molar-refractivity contribution in [2.45, 2.75) is 6.61 Å². The second-order valence-corrected chi connectivity index (χ2v) is 7.65. The molecule has 4 nitrogen and oxygen atoms in total. The van der Waals surface area contributed by atoms with Crippen LogP contribution in [0, 0.1) is 11.6 Å². The third-order valence-electron chi connectivity index (χ3n) is 4.61. The zero-order valence-electron chi connectivity index (χ0n) is 16.9. The van der Waals surface area contributed by atoms with Crippen LogP contribution in [0.1, 0.15) is 5.56 Å². The van der Waals surface area contributed by atoms with E-state index in [2.05, 4.69) is 11.6 Å². The number of hydrogen-bond donors (Lipinski definition) is 0. The fraction of sp³-hybridized carbons (Fsp3) is 0.0400. The highest BCUT2D eigenvalue weighted by Gasteiger charge is 2.19. The topological polar surface area (TPSA) is 42.4 Å². The zero-order chi connectivity index (χ0) is 22.5. The molecule has 0 atom stereocenters. The fourth-order valence-electron chi connectivity index (χ4n) is 3.03. The Kier molecular flexibility index (Phi) is 6.37. The highest BCUT2D eigenvalue weighted by Crippen LogP contribution is 2.33. The molecule has 0 aliphatic heterocycles. The molecule has 1 amide bonds. The summed E-state index contributed by atoms with van der Waals surface area (Å²) in [6.45, 7) is 3.81. The van der Waals surface area contributed by atoms with Gasteiger partial charge >= 0.3 is 0 Å². The predicted molar refractivity (Wildman–Crippen MR) is 122 cm³/mol. The number of carbonyl (C=O) groups is 1. The molecule has 0 unspecified atom stereocenters. The number of thiazole rings is 1. The standard InChI is InChI=1S/C25H18F2N2O2S/c1-2-24(30)29(25-28-23(16-32-25)18-6-8-19(26)9-7-18)21-10-12-22(13-11-21)31-15-17-4-3-5-20(27)14-17/h2-14,16H,1,15H2. The first kappa shape index (κ1) is 21.4. The molecule has 0 spiro atoms. The molecule has 0 aliphatic rings. The molecule has 7 heteroatoms. The van der Waals surface area contributed by atoms with Crippen molar-refractivity contribution in [3.63, 3.8) is 0 Å². The molecular formula is C25H18F2N2O2S. The number of nitrogens with zero attached hydrogens (tertiary/aromatic N) is 2. The average Bonchev–Trinajstić information content (AvgIpc) is 3.29. The number of carbonyl (C=O) groups excluding carboxylic acids is 1. The van der Waals surface area contributed by atoms with Crippen molar-refractivity contribution in [2.24, 2.45) is 0 Å². The van der Waals surface area contributed by atoms with Gasteiger partial charge in [-0.1, -0.05) is 18.7 Å². The van der Waals surface area contributed by atoms with Crippen molar-refractivity contribution >= 4 is 28.1 Å². The van der Waals surface area contributed by atoms with Crippen LogP contribution in [0.25, 0.3) is 11.3 Å². The van der Waals surface area contributed by atoms with Gasteiger partial charge in [-0.05, 0) is 72.3 Å². The minimum atomic E-state index is -0.335. The predicted octanol–water partition coefficient (Wildman–Crippen LogP) is 6.52. The van der Waals surface area contributed by atoms with Gasteiger partial charge in [-0.2, -0.15) is 0 Å². The van der Waals surface area contributed by atoms with Gasteiger partial charge < -0.3 is 4.74 Å². The maximum atomic E-state index is 13.3. The summed E-state index contributed by atoms with van der Waals surface area (Å²) in [7, 11) is 0. The molecule has 4 aromatic rings. The summed E-state index contributed by atoms with van der Waals surface area (Å²) in [4.78, 5) is 18.6. The molecule has 160 valence electrons. The zero-order valence-corrected chi connectivity index (χ0v) is 17.7. The Morgan fingerprint density at radius 2 is 1.78 bits per heavy atom. The summed E-state index contributed by atoms with van der Waals surface area (Å²) in [5.74, 6) is -0.399. The molecule has 1 aromatic heterocycles. The van der Waals surface area contributed by atoms with Gasteiger partial charge in [0.15, 0.2) is 5.13 Å². The molecule has 0 bridgehead atoms. The van der Waals surface area contributed by atoms with Crippen molar-refractivity contribution in [3.05, 3.63) is 108 Å². The summed E-state index contributed by atoms with van der Waals surface area (Å²) in [5, 5.41) is 2.27. The number of benzene rings is 3. The van der Waals surface area contributed by atoms with E-state index in [0.717, 1.165) is 5.56 Å².